The molecule has 1 atom stereocenters. The third kappa shape index (κ3) is 3.71. The van der Waals surface area contributed by atoms with Crippen LogP contribution in [-0.4, -0.2) is 48.2 Å². The zero-order valence-electron chi connectivity index (χ0n) is 17.1. The molecule has 4 rings (SSSR count). The number of rotatable bonds is 5. The van der Waals surface area contributed by atoms with Crippen molar-refractivity contribution in [3.8, 4) is 0 Å². The fraction of sp³-hybridized carbons (Fsp3) is 0.550. The van der Waals surface area contributed by atoms with E-state index in [-0.39, 0.29) is 17.4 Å². The van der Waals surface area contributed by atoms with Gasteiger partial charge in [0.15, 0.2) is 0 Å². The molecule has 3 aromatic heterocycles. The summed E-state index contributed by atoms with van der Waals surface area (Å²) in [6, 6.07) is 0. The Balaban J connectivity index is 1.44. The zero-order chi connectivity index (χ0) is 20.5. The third-order valence-electron chi connectivity index (χ3n) is 5.85. The van der Waals surface area contributed by atoms with Gasteiger partial charge in [0.1, 0.15) is 17.0 Å². The number of carbonyl (C=O) groups excluding carboxylic acids is 1. The fourth-order valence-corrected chi connectivity index (χ4v) is 5.03. The maximum absolute atomic E-state index is 12.8. The number of hydrogen-bond donors (Lipinski definition) is 0. The molecule has 1 fully saturated rings. The molecule has 3 aromatic rings. The van der Waals surface area contributed by atoms with E-state index in [1.54, 1.807) is 17.2 Å². The maximum atomic E-state index is 12.8. The molecule has 8 nitrogen and oxygen atoms in total. The first-order valence-corrected chi connectivity index (χ1v) is 10.9. The molecule has 1 aliphatic heterocycles. The van der Waals surface area contributed by atoms with Crippen LogP contribution in [0.3, 0.4) is 0 Å². The SMILES string of the molecule is CCn1cnnc1C1CCCN(C(=O)CCn2cnc3sc(C)c(C)c3c2=O)C1. The molecule has 154 valence electrons. The van der Waals surface area contributed by atoms with Crippen molar-refractivity contribution < 1.29 is 4.79 Å². The van der Waals surface area contributed by atoms with E-state index in [0.29, 0.717) is 24.9 Å². The van der Waals surface area contributed by atoms with Gasteiger partial charge in [-0.05, 0) is 39.2 Å². The van der Waals surface area contributed by atoms with Gasteiger partial charge >= 0.3 is 0 Å². The summed E-state index contributed by atoms with van der Waals surface area (Å²) in [5.41, 5.74) is 0.930. The first-order valence-electron chi connectivity index (χ1n) is 10.1. The second-order valence-corrected chi connectivity index (χ2v) is 8.81. The van der Waals surface area contributed by atoms with Crippen LogP contribution in [0.5, 0.6) is 0 Å². The third-order valence-corrected chi connectivity index (χ3v) is 6.96. The van der Waals surface area contributed by atoms with Crippen LogP contribution in [0.1, 0.15) is 48.4 Å². The predicted molar refractivity (Wildman–Crippen MR) is 112 cm³/mol. The summed E-state index contributed by atoms with van der Waals surface area (Å²) in [4.78, 5) is 33.9. The fourth-order valence-electron chi connectivity index (χ4n) is 4.04. The first-order chi connectivity index (χ1) is 14.0. The van der Waals surface area contributed by atoms with Gasteiger partial charge in [-0.25, -0.2) is 4.98 Å². The lowest BCUT2D eigenvalue weighted by molar-refractivity contribution is -0.132. The van der Waals surface area contributed by atoms with Crippen LogP contribution in [0.4, 0.5) is 0 Å². The standard InChI is InChI=1S/C20H26N6O2S/c1-4-24-12-22-23-18(24)15-6-5-8-25(10-15)16(27)7-9-26-11-21-19-17(20(26)28)13(2)14(3)29-19/h11-12,15H,4-10H2,1-3H3. The topological polar surface area (TPSA) is 85.9 Å². The summed E-state index contributed by atoms with van der Waals surface area (Å²) in [5, 5.41) is 8.97. The average Bonchev–Trinajstić information content (AvgIpc) is 3.32. The highest BCUT2D eigenvalue weighted by Crippen LogP contribution is 2.27. The highest BCUT2D eigenvalue weighted by atomic mass is 32.1. The summed E-state index contributed by atoms with van der Waals surface area (Å²) < 4.78 is 3.61. The van der Waals surface area contributed by atoms with Crippen LogP contribution >= 0.6 is 11.3 Å². The number of aryl methyl sites for hydroxylation is 4. The van der Waals surface area contributed by atoms with Crippen LogP contribution in [0.15, 0.2) is 17.4 Å². The lowest BCUT2D eigenvalue weighted by Crippen LogP contribution is -2.40. The Hall–Kier alpha value is -2.55. The number of piperidine rings is 1. The first kappa shape index (κ1) is 19.8. The number of fused-ring (bicyclic) bond motifs is 1. The lowest BCUT2D eigenvalue weighted by atomic mass is 9.97. The Labute approximate surface area is 173 Å². The predicted octanol–water partition coefficient (Wildman–Crippen LogP) is 2.48. The number of likely N-dealkylation sites (tertiary alicyclic amines) is 1. The van der Waals surface area contributed by atoms with Gasteiger partial charge in [-0.1, -0.05) is 0 Å². The van der Waals surface area contributed by atoms with Crippen LogP contribution in [0.2, 0.25) is 0 Å². The van der Waals surface area contributed by atoms with E-state index in [2.05, 4.69) is 22.1 Å². The molecule has 1 unspecified atom stereocenters. The smallest absolute Gasteiger partial charge is 0.262 e. The number of nitrogens with zero attached hydrogens (tertiary/aromatic N) is 6. The largest absolute Gasteiger partial charge is 0.342 e. The van der Waals surface area contributed by atoms with Crippen LogP contribution in [0, 0.1) is 13.8 Å². The van der Waals surface area contributed by atoms with E-state index >= 15 is 0 Å². The van der Waals surface area contributed by atoms with E-state index in [1.165, 1.54) is 11.3 Å². The second kappa shape index (κ2) is 8.06. The summed E-state index contributed by atoms with van der Waals surface area (Å²) >= 11 is 1.54. The zero-order valence-corrected chi connectivity index (χ0v) is 17.9. The molecule has 1 saturated heterocycles. The van der Waals surface area contributed by atoms with Crippen molar-refractivity contribution in [2.45, 2.75) is 59.0 Å². The quantitative estimate of drug-likeness (QED) is 0.640. The van der Waals surface area contributed by atoms with E-state index in [9.17, 15) is 9.59 Å². The van der Waals surface area contributed by atoms with Crippen molar-refractivity contribution in [3.63, 3.8) is 0 Å². The average molecular weight is 415 g/mol. The van der Waals surface area contributed by atoms with Crippen LogP contribution in [0.25, 0.3) is 10.2 Å². The Bertz CT molecular complexity index is 1100. The normalized spacial score (nSPS) is 17.2. The van der Waals surface area contributed by atoms with E-state index in [4.69, 9.17) is 0 Å². The molecule has 9 heteroatoms. The molecule has 0 radical (unpaired) electrons. The lowest BCUT2D eigenvalue weighted by Gasteiger charge is -2.32. The van der Waals surface area contributed by atoms with Gasteiger partial charge in [0, 0.05) is 43.4 Å². The number of hydrogen-bond acceptors (Lipinski definition) is 6. The van der Waals surface area contributed by atoms with Crippen molar-refractivity contribution >= 4 is 27.5 Å². The number of thiophene rings is 1. The van der Waals surface area contributed by atoms with E-state index in [0.717, 1.165) is 47.0 Å². The molecule has 0 N–H and O–H groups in total. The van der Waals surface area contributed by atoms with Gasteiger partial charge in [-0.3, -0.25) is 14.2 Å². The molecule has 29 heavy (non-hydrogen) atoms. The summed E-state index contributed by atoms with van der Waals surface area (Å²) in [6.07, 6.45) is 5.57. The van der Waals surface area contributed by atoms with Crippen molar-refractivity contribution in [2.75, 3.05) is 13.1 Å². The molecule has 4 heterocycles. The van der Waals surface area contributed by atoms with Gasteiger partial charge in [-0.2, -0.15) is 0 Å². The highest BCUT2D eigenvalue weighted by molar-refractivity contribution is 7.18. The molecule has 0 bridgehead atoms. The van der Waals surface area contributed by atoms with Gasteiger partial charge in [0.25, 0.3) is 5.56 Å². The van der Waals surface area contributed by atoms with Crippen molar-refractivity contribution in [3.05, 3.63) is 39.3 Å². The number of carbonyl (C=O) groups is 1. The van der Waals surface area contributed by atoms with Gasteiger partial charge in [0.05, 0.1) is 11.7 Å². The minimum atomic E-state index is -0.0581. The van der Waals surface area contributed by atoms with Crippen LogP contribution in [-0.2, 0) is 17.9 Å². The van der Waals surface area contributed by atoms with E-state index in [1.807, 2.05) is 23.3 Å². The summed E-state index contributed by atoms with van der Waals surface area (Å²) in [7, 11) is 0. The van der Waals surface area contributed by atoms with Crippen molar-refractivity contribution in [1.29, 1.82) is 0 Å². The minimum Gasteiger partial charge on any atom is -0.342 e. The maximum Gasteiger partial charge on any atom is 0.262 e. The van der Waals surface area contributed by atoms with E-state index < -0.39 is 0 Å². The number of amides is 1. The Kier molecular flexibility index (Phi) is 5.49. The Morgan fingerprint density at radius 3 is 2.90 bits per heavy atom. The molecule has 1 aliphatic rings. The van der Waals surface area contributed by atoms with Crippen molar-refractivity contribution in [2.24, 2.45) is 0 Å². The molecule has 1 amide bonds. The molecule has 0 aliphatic carbocycles. The van der Waals surface area contributed by atoms with Gasteiger partial charge < -0.3 is 9.47 Å². The molecule has 0 aromatic carbocycles. The highest BCUT2D eigenvalue weighted by Gasteiger charge is 2.27. The van der Waals surface area contributed by atoms with Crippen molar-refractivity contribution in [1.82, 2.24) is 29.2 Å². The molecular weight excluding hydrogens is 388 g/mol. The Morgan fingerprint density at radius 2 is 2.10 bits per heavy atom. The van der Waals surface area contributed by atoms with Crippen LogP contribution < -0.4 is 5.56 Å². The summed E-state index contributed by atoms with van der Waals surface area (Å²) in [5.74, 6) is 1.24. The summed E-state index contributed by atoms with van der Waals surface area (Å²) in [6.45, 7) is 8.61. The molecule has 0 spiro atoms. The van der Waals surface area contributed by atoms with Gasteiger partial charge in [-0.15, -0.1) is 21.5 Å². The van der Waals surface area contributed by atoms with Gasteiger partial charge in [0.2, 0.25) is 5.91 Å². The monoisotopic (exact) mass is 414 g/mol. The minimum absolute atomic E-state index is 0.0581. The molecule has 0 saturated carbocycles. The molecular formula is C20H26N6O2S. The Morgan fingerprint density at radius 1 is 1.28 bits per heavy atom. The number of aromatic nitrogens is 5. The second-order valence-electron chi connectivity index (χ2n) is 7.61.